The Labute approximate surface area is 156 Å². The quantitative estimate of drug-likeness (QED) is 0.420. The molecule has 6 heteroatoms. The predicted octanol–water partition coefficient (Wildman–Crippen LogP) is 3.67. The Morgan fingerprint density at radius 1 is 1.04 bits per heavy atom. The molecule has 0 saturated carbocycles. The fourth-order valence-corrected chi connectivity index (χ4v) is 3.32. The third kappa shape index (κ3) is 3.70. The minimum Gasteiger partial charge on any atom is -0.465 e. The number of esters is 2. The molecular weight excluding hydrogens is 352 g/mol. The molecule has 138 valence electrons. The minimum absolute atomic E-state index is 0.0852. The largest absolute Gasteiger partial charge is 0.465 e. The van der Waals surface area contributed by atoms with E-state index in [1.165, 1.54) is 18.3 Å². The van der Waals surface area contributed by atoms with Gasteiger partial charge in [-0.25, -0.2) is 0 Å². The number of aryl methyl sites for hydroxylation is 1. The molecule has 0 bridgehead atoms. The lowest BCUT2D eigenvalue weighted by Gasteiger charge is -2.26. The van der Waals surface area contributed by atoms with Crippen LogP contribution in [0.15, 0.2) is 35.7 Å². The number of hydrogen-bond donors (Lipinski definition) is 0. The number of thiophene rings is 1. The fraction of sp³-hybridized carbons (Fsp3) is 0.350. The van der Waals surface area contributed by atoms with Crippen LogP contribution in [0.4, 0.5) is 0 Å². The maximum absolute atomic E-state index is 12.6. The van der Waals surface area contributed by atoms with Gasteiger partial charge in [0, 0.05) is 5.56 Å². The molecule has 0 unspecified atom stereocenters. The van der Waals surface area contributed by atoms with E-state index in [2.05, 4.69) is 0 Å². The second kappa shape index (κ2) is 8.27. The Hall–Kier alpha value is -2.47. The molecule has 1 aromatic carbocycles. The van der Waals surface area contributed by atoms with Crippen LogP contribution in [0, 0.1) is 6.92 Å². The zero-order chi connectivity index (χ0) is 19.3. The third-order valence-electron chi connectivity index (χ3n) is 4.16. The highest BCUT2D eigenvalue weighted by Gasteiger charge is 2.46. The molecule has 0 amide bonds. The molecule has 26 heavy (non-hydrogen) atoms. The molecule has 0 fully saturated rings. The van der Waals surface area contributed by atoms with Crippen LogP contribution in [0.5, 0.6) is 0 Å². The molecule has 0 aliphatic rings. The van der Waals surface area contributed by atoms with E-state index in [0.29, 0.717) is 21.6 Å². The van der Waals surface area contributed by atoms with Gasteiger partial charge in [-0.15, -0.1) is 11.3 Å². The summed E-state index contributed by atoms with van der Waals surface area (Å²) in [5, 5.41) is 1.84. The van der Waals surface area contributed by atoms with Crippen LogP contribution in [-0.4, -0.2) is 30.9 Å². The molecule has 0 N–H and O–H groups in total. The molecule has 5 nitrogen and oxygen atoms in total. The average Bonchev–Trinajstić information content (AvgIpc) is 3.15. The van der Waals surface area contributed by atoms with Gasteiger partial charge in [0.15, 0.2) is 5.41 Å². The Morgan fingerprint density at radius 3 is 2.12 bits per heavy atom. The van der Waals surface area contributed by atoms with Crippen molar-refractivity contribution >= 4 is 29.1 Å². The van der Waals surface area contributed by atoms with Crippen LogP contribution >= 0.6 is 11.3 Å². The predicted molar refractivity (Wildman–Crippen MR) is 99.5 cm³/mol. The van der Waals surface area contributed by atoms with Crippen molar-refractivity contribution in [1.29, 1.82) is 0 Å². The molecular formula is C20H22O5S. The number of carbonyl (C=O) groups is 3. The molecule has 1 heterocycles. The molecule has 0 radical (unpaired) electrons. The highest BCUT2D eigenvalue weighted by molar-refractivity contribution is 7.12. The van der Waals surface area contributed by atoms with E-state index in [-0.39, 0.29) is 19.0 Å². The van der Waals surface area contributed by atoms with E-state index in [4.69, 9.17) is 9.47 Å². The average molecular weight is 374 g/mol. The van der Waals surface area contributed by atoms with Gasteiger partial charge in [-0.2, -0.15) is 0 Å². The third-order valence-corrected chi connectivity index (χ3v) is 5.03. The number of hydrogen-bond acceptors (Lipinski definition) is 6. The monoisotopic (exact) mass is 374 g/mol. The topological polar surface area (TPSA) is 69.7 Å². The number of carbonyl (C=O) groups excluding carboxylic acids is 3. The summed E-state index contributed by atoms with van der Waals surface area (Å²) in [6.07, 6.45) is 0. The SMILES string of the molecule is CCOC(=O)C(C)(C(=O)OCC)c1ccc(C(=O)c2cccs2)c(C)c1. The number of ketones is 1. The zero-order valence-electron chi connectivity index (χ0n) is 15.3. The summed E-state index contributed by atoms with van der Waals surface area (Å²) in [5.41, 5.74) is 0.0722. The maximum atomic E-state index is 12.6. The summed E-state index contributed by atoms with van der Waals surface area (Å²) in [6.45, 7) is 6.93. The molecule has 0 aliphatic heterocycles. The Balaban J connectivity index is 2.47. The van der Waals surface area contributed by atoms with Crippen LogP contribution in [0.1, 0.15) is 47.1 Å². The second-order valence-corrected chi connectivity index (χ2v) is 6.85. The lowest BCUT2D eigenvalue weighted by molar-refractivity contribution is -0.163. The highest BCUT2D eigenvalue weighted by Crippen LogP contribution is 2.30. The first kappa shape index (κ1) is 19.8. The number of benzene rings is 1. The summed E-state index contributed by atoms with van der Waals surface area (Å²) < 4.78 is 10.2. The lowest BCUT2D eigenvalue weighted by atomic mass is 9.81. The highest BCUT2D eigenvalue weighted by atomic mass is 32.1. The van der Waals surface area contributed by atoms with Gasteiger partial charge in [0.2, 0.25) is 5.78 Å². The van der Waals surface area contributed by atoms with Crippen molar-refractivity contribution in [2.75, 3.05) is 13.2 Å². The van der Waals surface area contributed by atoms with Gasteiger partial charge in [0.05, 0.1) is 18.1 Å². The van der Waals surface area contributed by atoms with Crippen LogP contribution in [-0.2, 0) is 24.5 Å². The summed E-state index contributed by atoms with van der Waals surface area (Å²) in [5.74, 6) is -1.43. The summed E-state index contributed by atoms with van der Waals surface area (Å²) >= 11 is 1.37. The van der Waals surface area contributed by atoms with Crippen molar-refractivity contribution in [3.8, 4) is 0 Å². The molecule has 2 rings (SSSR count). The first-order valence-electron chi connectivity index (χ1n) is 8.40. The van der Waals surface area contributed by atoms with E-state index in [1.807, 2.05) is 11.4 Å². The van der Waals surface area contributed by atoms with E-state index in [0.717, 1.165) is 0 Å². The maximum Gasteiger partial charge on any atom is 0.327 e. The van der Waals surface area contributed by atoms with Gasteiger partial charge in [-0.3, -0.25) is 14.4 Å². The van der Waals surface area contributed by atoms with Crippen molar-refractivity contribution < 1.29 is 23.9 Å². The fourth-order valence-electron chi connectivity index (χ4n) is 2.64. The van der Waals surface area contributed by atoms with Crippen LogP contribution < -0.4 is 0 Å². The van der Waals surface area contributed by atoms with Crippen molar-refractivity contribution in [2.45, 2.75) is 33.1 Å². The standard InChI is InChI=1S/C20H22O5S/c1-5-24-18(22)20(4,19(23)25-6-2)14-9-10-15(13(3)12-14)17(21)16-8-7-11-26-16/h7-12H,5-6H2,1-4H3. The van der Waals surface area contributed by atoms with Crippen molar-refractivity contribution in [3.63, 3.8) is 0 Å². The van der Waals surface area contributed by atoms with Crippen LogP contribution in [0.2, 0.25) is 0 Å². The first-order valence-corrected chi connectivity index (χ1v) is 9.28. The minimum atomic E-state index is -1.58. The molecule has 1 aromatic heterocycles. The molecule has 2 aromatic rings. The summed E-state index contributed by atoms with van der Waals surface area (Å²) in [6, 6.07) is 8.52. The summed E-state index contributed by atoms with van der Waals surface area (Å²) in [7, 11) is 0. The molecule has 0 atom stereocenters. The van der Waals surface area contributed by atoms with Gasteiger partial charge in [-0.05, 0) is 50.3 Å². The molecule has 0 aliphatic carbocycles. The smallest absolute Gasteiger partial charge is 0.327 e. The number of ether oxygens (including phenoxy) is 2. The van der Waals surface area contributed by atoms with Crippen molar-refractivity contribution in [3.05, 3.63) is 57.3 Å². The normalized spacial score (nSPS) is 11.1. The van der Waals surface area contributed by atoms with Crippen LogP contribution in [0.3, 0.4) is 0 Å². The Bertz CT molecular complexity index is 790. The summed E-state index contributed by atoms with van der Waals surface area (Å²) in [4.78, 5) is 38.2. The second-order valence-electron chi connectivity index (χ2n) is 5.90. The zero-order valence-corrected chi connectivity index (χ0v) is 16.1. The lowest BCUT2D eigenvalue weighted by Crippen LogP contribution is -2.43. The van der Waals surface area contributed by atoms with Gasteiger partial charge >= 0.3 is 11.9 Å². The number of rotatable bonds is 7. The van der Waals surface area contributed by atoms with Crippen molar-refractivity contribution in [1.82, 2.24) is 0 Å². The van der Waals surface area contributed by atoms with Gasteiger partial charge in [0.25, 0.3) is 0 Å². The molecule has 0 saturated heterocycles. The first-order chi connectivity index (χ1) is 12.4. The van der Waals surface area contributed by atoms with E-state index >= 15 is 0 Å². The molecule has 0 spiro atoms. The van der Waals surface area contributed by atoms with E-state index in [9.17, 15) is 14.4 Å². The van der Waals surface area contributed by atoms with Gasteiger partial charge < -0.3 is 9.47 Å². The van der Waals surface area contributed by atoms with E-state index < -0.39 is 17.4 Å². The van der Waals surface area contributed by atoms with E-state index in [1.54, 1.807) is 45.0 Å². The Morgan fingerprint density at radius 2 is 1.65 bits per heavy atom. The van der Waals surface area contributed by atoms with Gasteiger partial charge in [0.1, 0.15) is 0 Å². The van der Waals surface area contributed by atoms with Crippen LogP contribution in [0.25, 0.3) is 0 Å². The van der Waals surface area contributed by atoms with Gasteiger partial charge in [-0.1, -0.05) is 24.3 Å². The van der Waals surface area contributed by atoms with Crippen molar-refractivity contribution in [2.24, 2.45) is 0 Å². The Kier molecular flexibility index (Phi) is 6.32.